The number of carbonyl (C=O) groups excluding carboxylic acids is 3. The molecule has 2 rings (SSSR count). The summed E-state index contributed by atoms with van der Waals surface area (Å²) in [6, 6.07) is 6.32. The molecular weight excluding hydrogens is 372 g/mol. The molecule has 9 nitrogen and oxygen atoms in total. The van der Waals surface area contributed by atoms with E-state index in [9.17, 15) is 22.8 Å². The molecule has 148 valence electrons. The lowest BCUT2D eigenvalue weighted by molar-refractivity contribution is -0.138. The Hall–Kier alpha value is -2.62. The third-order valence-corrected chi connectivity index (χ3v) is 5.41. The van der Waals surface area contributed by atoms with E-state index < -0.39 is 10.0 Å². The van der Waals surface area contributed by atoms with E-state index in [1.807, 2.05) is 0 Å². The molecule has 0 aliphatic carbocycles. The highest BCUT2D eigenvalue weighted by Crippen LogP contribution is 2.17. The van der Waals surface area contributed by atoms with Gasteiger partial charge in [0, 0.05) is 52.1 Å². The summed E-state index contributed by atoms with van der Waals surface area (Å²) >= 11 is 0. The maximum Gasteiger partial charge on any atom is 0.233 e. The van der Waals surface area contributed by atoms with Crippen LogP contribution in [0.1, 0.15) is 20.3 Å². The lowest BCUT2D eigenvalue weighted by Gasteiger charge is -2.34. The maximum atomic E-state index is 12.2. The van der Waals surface area contributed by atoms with E-state index in [0.29, 0.717) is 37.6 Å². The van der Waals surface area contributed by atoms with Crippen molar-refractivity contribution in [2.24, 2.45) is 0 Å². The normalized spacial score (nSPS) is 14.6. The van der Waals surface area contributed by atoms with E-state index in [1.165, 1.54) is 19.9 Å². The summed E-state index contributed by atoms with van der Waals surface area (Å²) in [7, 11) is -3.71. The molecule has 1 saturated heterocycles. The van der Waals surface area contributed by atoms with Crippen LogP contribution in [-0.2, 0) is 24.4 Å². The number of sulfonamides is 1. The zero-order chi connectivity index (χ0) is 20.0. The number of rotatable bonds is 6. The van der Waals surface area contributed by atoms with Gasteiger partial charge in [-0.2, -0.15) is 0 Å². The van der Waals surface area contributed by atoms with Crippen LogP contribution >= 0.6 is 0 Å². The number of hydrogen-bond donors (Lipinski definition) is 2. The Morgan fingerprint density at radius 3 is 2.19 bits per heavy atom. The molecule has 0 aromatic heterocycles. The molecule has 0 spiro atoms. The minimum absolute atomic E-state index is 0.0321. The molecule has 0 atom stereocenters. The van der Waals surface area contributed by atoms with Crippen LogP contribution in [0.4, 0.5) is 11.4 Å². The van der Waals surface area contributed by atoms with Crippen molar-refractivity contribution >= 4 is 39.1 Å². The topological polar surface area (TPSA) is 116 Å². The number of benzene rings is 1. The molecular formula is C17H24N4O5S. The number of carbonyl (C=O) groups is 3. The van der Waals surface area contributed by atoms with Gasteiger partial charge in [0.2, 0.25) is 27.7 Å². The third kappa shape index (κ3) is 6.55. The van der Waals surface area contributed by atoms with Crippen molar-refractivity contribution in [2.75, 3.05) is 42.0 Å². The van der Waals surface area contributed by atoms with Crippen LogP contribution in [-0.4, -0.2) is 67.9 Å². The molecule has 1 aromatic rings. The first-order chi connectivity index (χ1) is 12.7. The second-order valence-electron chi connectivity index (χ2n) is 6.32. The molecule has 0 bridgehead atoms. The van der Waals surface area contributed by atoms with E-state index in [-0.39, 0.29) is 29.9 Å². The number of nitrogens with one attached hydrogen (secondary N) is 2. The van der Waals surface area contributed by atoms with Gasteiger partial charge in [-0.05, 0) is 18.2 Å². The van der Waals surface area contributed by atoms with Gasteiger partial charge in [0.1, 0.15) is 0 Å². The summed E-state index contributed by atoms with van der Waals surface area (Å²) in [6.45, 7) is 4.58. The lowest BCUT2D eigenvalue weighted by Crippen LogP contribution is -2.50. The SMILES string of the molecule is CC(=O)Nc1cccc(NS(=O)(=O)CCC(=O)N2CCN(C(C)=O)CC2)c1. The van der Waals surface area contributed by atoms with Gasteiger partial charge in [-0.25, -0.2) is 8.42 Å². The summed E-state index contributed by atoms with van der Waals surface area (Å²) in [6.07, 6.45) is -0.138. The Morgan fingerprint density at radius 2 is 1.59 bits per heavy atom. The lowest BCUT2D eigenvalue weighted by atomic mass is 10.3. The van der Waals surface area contributed by atoms with Gasteiger partial charge >= 0.3 is 0 Å². The van der Waals surface area contributed by atoms with Crippen LogP contribution < -0.4 is 10.0 Å². The number of nitrogens with zero attached hydrogens (tertiary/aromatic N) is 2. The van der Waals surface area contributed by atoms with E-state index in [4.69, 9.17) is 0 Å². The molecule has 10 heteroatoms. The third-order valence-electron chi connectivity index (χ3n) is 4.12. The summed E-state index contributed by atoms with van der Waals surface area (Å²) in [5.74, 6) is -0.889. The minimum Gasteiger partial charge on any atom is -0.339 e. The average Bonchev–Trinajstić information content (AvgIpc) is 2.59. The highest BCUT2D eigenvalue weighted by Gasteiger charge is 2.23. The Bertz CT molecular complexity index is 816. The molecule has 3 amide bonds. The number of piperazine rings is 1. The standard InChI is InChI=1S/C17H24N4O5S/c1-13(22)18-15-4-3-5-16(12-15)19-27(25,26)11-6-17(24)21-9-7-20(8-10-21)14(2)23/h3-5,12,19H,6-11H2,1-2H3,(H,18,22). The van der Waals surface area contributed by atoms with Crippen molar-refractivity contribution in [3.8, 4) is 0 Å². The fraction of sp³-hybridized carbons (Fsp3) is 0.471. The highest BCUT2D eigenvalue weighted by atomic mass is 32.2. The van der Waals surface area contributed by atoms with E-state index >= 15 is 0 Å². The van der Waals surface area contributed by atoms with Crippen LogP contribution in [0, 0.1) is 0 Å². The van der Waals surface area contributed by atoms with Crippen molar-refractivity contribution in [3.05, 3.63) is 24.3 Å². The van der Waals surface area contributed by atoms with Gasteiger partial charge in [-0.1, -0.05) is 6.07 Å². The molecule has 0 unspecified atom stereocenters. The van der Waals surface area contributed by atoms with Crippen molar-refractivity contribution in [1.29, 1.82) is 0 Å². The number of anilines is 2. The Balaban J connectivity index is 1.87. The van der Waals surface area contributed by atoms with Crippen molar-refractivity contribution in [3.63, 3.8) is 0 Å². The molecule has 1 aliphatic heterocycles. The van der Waals surface area contributed by atoms with Crippen LogP contribution in [0.15, 0.2) is 24.3 Å². The first-order valence-corrected chi connectivity index (χ1v) is 10.2. The van der Waals surface area contributed by atoms with E-state index in [2.05, 4.69) is 10.0 Å². The fourth-order valence-electron chi connectivity index (χ4n) is 2.74. The molecule has 0 saturated carbocycles. The smallest absolute Gasteiger partial charge is 0.233 e. The van der Waals surface area contributed by atoms with Gasteiger partial charge in [-0.3, -0.25) is 19.1 Å². The van der Waals surface area contributed by atoms with Gasteiger partial charge in [0.15, 0.2) is 0 Å². The zero-order valence-electron chi connectivity index (χ0n) is 15.4. The van der Waals surface area contributed by atoms with Crippen molar-refractivity contribution in [1.82, 2.24) is 9.80 Å². The summed E-state index contributed by atoms with van der Waals surface area (Å²) in [5, 5.41) is 2.57. The van der Waals surface area contributed by atoms with E-state index in [1.54, 1.807) is 28.0 Å². The Kier molecular flexibility index (Phi) is 6.78. The second-order valence-corrected chi connectivity index (χ2v) is 8.16. The molecule has 1 fully saturated rings. The molecule has 0 radical (unpaired) electrons. The molecule has 27 heavy (non-hydrogen) atoms. The zero-order valence-corrected chi connectivity index (χ0v) is 16.2. The van der Waals surface area contributed by atoms with Gasteiger partial charge in [-0.15, -0.1) is 0 Å². The largest absolute Gasteiger partial charge is 0.339 e. The predicted molar refractivity (Wildman–Crippen MR) is 102 cm³/mol. The van der Waals surface area contributed by atoms with E-state index in [0.717, 1.165) is 0 Å². The summed E-state index contributed by atoms with van der Waals surface area (Å²) < 4.78 is 26.9. The average molecular weight is 396 g/mol. The maximum absolute atomic E-state index is 12.2. The molecule has 2 N–H and O–H groups in total. The molecule has 1 heterocycles. The van der Waals surface area contributed by atoms with Gasteiger partial charge < -0.3 is 15.1 Å². The van der Waals surface area contributed by atoms with Crippen molar-refractivity contribution < 1.29 is 22.8 Å². The Labute approximate surface area is 158 Å². The van der Waals surface area contributed by atoms with Crippen LogP contribution in [0.3, 0.4) is 0 Å². The monoisotopic (exact) mass is 396 g/mol. The molecule has 1 aromatic carbocycles. The first kappa shape index (κ1) is 20.7. The fourth-order valence-corrected chi connectivity index (χ4v) is 3.78. The van der Waals surface area contributed by atoms with Crippen LogP contribution in [0.25, 0.3) is 0 Å². The van der Waals surface area contributed by atoms with Gasteiger partial charge in [0.05, 0.1) is 11.4 Å². The quantitative estimate of drug-likeness (QED) is 0.725. The summed E-state index contributed by atoms with van der Waals surface area (Å²) in [4.78, 5) is 37.8. The number of amides is 3. The van der Waals surface area contributed by atoms with Gasteiger partial charge in [0.25, 0.3) is 0 Å². The summed E-state index contributed by atoms with van der Waals surface area (Å²) in [5.41, 5.74) is 0.783. The number of hydrogen-bond acceptors (Lipinski definition) is 5. The second kappa shape index (κ2) is 8.85. The van der Waals surface area contributed by atoms with Crippen LogP contribution in [0.2, 0.25) is 0 Å². The van der Waals surface area contributed by atoms with Crippen molar-refractivity contribution in [2.45, 2.75) is 20.3 Å². The predicted octanol–water partition coefficient (Wildman–Crippen LogP) is 0.467. The minimum atomic E-state index is -3.71. The van der Waals surface area contributed by atoms with Crippen LogP contribution in [0.5, 0.6) is 0 Å². The highest BCUT2D eigenvalue weighted by molar-refractivity contribution is 7.92. The molecule has 1 aliphatic rings. The Morgan fingerprint density at radius 1 is 1.00 bits per heavy atom. The first-order valence-electron chi connectivity index (χ1n) is 8.58.